The molecule has 0 heterocycles. The smallest absolute Gasteiger partial charge is 0.251 e. The maximum absolute atomic E-state index is 12.0. The fourth-order valence-corrected chi connectivity index (χ4v) is 2.42. The summed E-state index contributed by atoms with van der Waals surface area (Å²) in [7, 11) is 3.10. The molecule has 0 aromatic heterocycles. The number of benzene rings is 2. The number of rotatable bonds is 9. The van der Waals surface area contributed by atoms with Crippen LogP contribution in [0.4, 0.5) is 0 Å². The fraction of sp³-hybridized carbons (Fsp3) is 0.190. The number of nitrogens with two attached hydrogens (primary N) is 1. The molecular weight excluding hydrogens is 374 g/mol. The van der Waals surface area contributed by atoms with Gasteiger partial charge < -0.3 is 25.8 Å². The van der Waals surface area contributed by atoms with E-state index in [0.29, 0.717) is 23.6 Å². The summed E-state index contributed by atoms with van der Waals surface area (Å²) in [5.74, 6) is -0.0741. The molecule has 0 bridgehead atoms. The van der Waals surface area contributed by atoms with E-state index >= 15 is 0 Å². The van der Waals surface area contributed by atoms with Crippen molar-refractivity contribution in [2.24, 2.45) is 5.73 Å². The number of carbonyl (C=O) groups excluding carboxylic acids is 3. The van der Waals surface area contributed by atoms with Crippen molar-refractivity contribution in [1.82, 2.24) is 10.6 Å². The van der Waals surface area contributed by atoms with Crippen LogP contribution in [0.1, 0.15) is 21.5 Å². The third-order valence-electron chi connectivity index (χ3n) is 3.94. The zero-order chi connectivity index (χ0) is 21.2. The quantitative estimate of drug-likeness (QED) is 0.550. The first-order valence-electron chi connectivity index (χ1n) is 8.76. The summed E-state index contributed by atoms with van der Waals surface area (Å²) < 4.78 is 10.4. The highest BCUT2D eigenvalue weighted by molar-refractivity contribution is 5.96. The van der Waals surface area contributed by atoms with Gasteiger partial charge >= 0.3 is 0 Å². The van der Waals surface area contributed by atoms with Crippen LogP contribution in [0.2, 0.25) is 0 Å². The fourth-order valence-electron chi connectivity index (χ4n) is 2.42. The van der Waals surface area contributed by atoms with Gasteiger partial charge in [0.2, 0.25) is 11.8 Å². The van der Waals surface area contributed by atoms with Crippen LogP contribution in [0.15, 0.2) is 48.5 Å². The van der Waals surface area contributed by atoms with Crippen LogP contribution < -0.4 is 25.8 Å². The van der Waals surface area contributed by atoms with Crippen LogP contribution in [0.3, 0.4) is 0 Å². The molecule has 0 atom stereocenters. The molecule has 4 N–H and O–H groups in total. The Morgan fingerprint density at radius 1 is 0.966 bits per heavy atom. The van der Waals surface area contributed by atoms with Gasteiger partial charge in [-0.3, -0.25) is 14.4 Å². The summed E-state index contributed by atoms with van der Waals surface area (Å²) in [5.41, 5.74) is 7.01. The zero-order valence-corrected chi connectivity index (χ0v) is 16.2. The third-order valence-corrected chi connectivity index (χ3v) is 3.94. The van der Waals surface area contributed by atoms with Crippen molar-refractivity contribution in [2.75, 3.05) is 20.8 Å². The minimum absolute atomic E-state index is 0.219. The molecule has 0 radical (unpaired) electrons. The molecule has 0 spiro atoms. The average Bonchev–Trinajstić information content (AvgIpc) is 2.74. The van der Waals surface area contributed by atoms with Gasteiger partial charge in [0, 0.05) is 18.2 Å². The Bertz CT molecular complexity index is 907. The van der Waals surface area contributed by atoms with E-state index in [4.69, 9.17) is 15.2 Å². The molecule has 152 valence electrons. The van der Waals surface area contributed by atoms with Crippen molar-refractivity contribution in [3.05, 3.63) is 65.2 Å². The first-order chi connectivity index (χ1) is 13.9. The number of hydrogen-bond donors (Lipinski definition) is 3. The predicted molar refractivity (Wildman–Crippen MR) is 108 cm³/mol. The topological polar surface area (TPSA) is 120 Å². The number of nitrogens with one attached hydrogen (secondary N) is 2. The second kappa shape index (κ2) is 10.5. The lowest BCUT2D eigenvalue weighted by molar-refractivity contribution is -0.117. The molecule has 8 nitrogen and oxygen atoms in total. The summed E-state index contributed by atoms with van der Waals surface area (Å²) in [6, 6.07) is 12.0. The summed E-state index contributed by atoms with van der Waals surface area (Å²) in [6.07, 6.45) is 3.09. The molecule has 2 rings (SSSR count). The summed E-state index contributed by atoms with van der Waals surface area (Å²) in [6.45, 7) is 0.0847. The van der Waals surface area contributed by atoms with Crippen molar-refractivity contribution in [3.8, 4) is 11.5 Å². The minimum atomic E-state index is -0.612. The van der Waals surface area contributed by atoms with Gasteiger partial charge in [-0.2, -0.15) is 0 Å². The SMILES string of the molecule is COc1ccc(/C=C/C(=O)NCc2ccc(C(=O)NCC(N)=O)cc2)cc1OC. The Balaban J connectivity index is 1.88. The van der Waals surface area contributed by atoms with E-state index in [1.54, 1.807) is 56.7 Å². The minimum Gasteiger partial charge on any atom is -0.493 e. The highest BCUT2D eigenvalue weighted by atomic mass is 16.5. The molecule has 2 aromatic carbocycles. The molecule has 0 aliphatic rings. The maximum Gasteiger partial charge on any atom is 0.251 e. The Labute approximate surface area is 168 Å². The Hall–Kier alpha value is -3.81. The van der Waals surface area contributed by atoms with Crippen molar-refractivity contribution in [3.63, 3.8) is 0 Å². The standard InChI is InChI=1S/C21H23N3O5/c1-28-17-9-5-14(11-18(17)29-2)6-10-20(26)23-12-15-3-7-16(8-4-15)21(27)24-13-19(22)25/h3-11H,12-13H2,1-2H3,(H2,22,25)(H,23,26)(H,24,27)/b10-6+. The van der Waals surface area contributed by atoms with Gasteiger partial charge in [0.25, 0.3) is 5.91 Å². The molecule has 3 amide bonds. The molecule has 0 saturated carbocycles. The van der Waals surface area contributed by atoms with E-state index < -0.39 is 11.8 Å². The summed E-state index contributed by atoms with van der Waals surface area (Å²) >= 11 is 0. The van der Waals surface area contributed by atoms with Gasteiger partial charge in [-0.1, -0.05) is 18.2 Å². The van der Waals surface area contributed by atoms with E-state index in [9.17, 15) is 14.4 Å². The number of methoxy groups -OCH3 is 2. The molecule has 2 aromatic rings. The van der Waals surface area contributed by atoms with Crippen LogP contribution >= 0.6 is 0 Å². The van der Waals surface area contributed by atoms with Crippen molar-refractivity contribution in [2.45, 2.75) is 6.54 Å². The van der Waals surface area contributed by atoms with Gasteiger partial charge in [-0.25, -0.2) is 0 Å². The van der Waals surface area contributed by atoms with Gasteiger partial charge in [0.15, 0.2) is 11.5 Å². The van der Waals surface area contributed by atoms with Crippen LogP contribution in [0, 0.1) is 0 Å². The monoisotopic (exact) mass is 397 g/mol. The zero-order valence-electron chi connectivity index (χ0n) is 16.2. The van der Waals surface area contributed by atoms with Crippen LogP contribution in [-0.2, 0) is 16.1 Å². The van der Waals surface area contributed by atoms with Gasteiger partial charge in [0.1, 0.15) is 0 Å². The lowest BCUT2D eigenvalue weighted by Gasteiger charge is -2.07. The van der Waals surface area contributed by atoms with Crippen molar-refractivity contribution >= 4 is 23.8 Å². The van der Waals surface area contributed by atoms with E-state index in [1.165, 1.54) is 6.08 Å². The molecule has 0 aliphatic heterocycles. The molecule has 8 heteroatoms. The largest absolute Gasteiger partial charge is 0.493 e. The molecule has 29 heavy (non-hydrogen) atoms. The lowest BCUT2D eigenvalue weighted by Crippen LogP contribution is -2.33. The molecular formula is C21H23N3O5. The highest BCUT2D eigenvalue weighted by Crippen LogP contribution is 2.27. The van der Waals surface area contributed by atoms with Crippen molar-refractivity contribution < 1.29 is 23.9 Å². The third kappa shape index (κ3) is 6.69. The Morgan fingerprint density at radius 2 is 1.66 bits per heavy atom. The number of hydrogen-bond acceptors (Lipinski definition) is 5. The normalized spacial score (nSPS) is 10.4. The first-order valence-corrected chi connectivity index (χ1v) is 8.76. The molecule has 0 fully saturated rings. The Morgan fingerprint density at radius 3 is 2.28 bits per heavy atom. The second-order valence-electron chi connectivity index (χ2n) is 6.01. The van der Waals surface area contributed by atoms with E-state index in [-0.39, 0.29) is 12.5 Å². The van der Waals surface area contributed by atoms with Crippen LogP contribution in [0.5, 0.6) is 11.5 Å². The molecule has 0 saturated heterocycles. The van der Waals surface area contributed by atoms with Crippen LogP contribution in [-0.4, -0.2) is 38.5 Å². The summed E-state index contributed by atoms with van der Waals surface area (Å²) in [4.78, 5) is 34.5. The summed E-state index contributed by atoms with van der Waals surface area (Å²) in [5, 5.41) is 5.17. The van der Waals surface area contributed by atoms with E-state index in [2.05, 4.69) is 10.6 Å². The predicted octanol–water partition coefficient (Wildman–Crippen LogP) is 1.25. The number of amides is 3. The van der Waals surface area contributed by atoms with Gasteiger partial charge in [-0.05, 0) is 41.5 Å². The Kier molecular flexibility index (Phi) is 7.78. The maximum atomic E-state index is 12.0. The molecule has 0 unspecified atom stereocenters. The van der Waals surface area contributed by atoms with Gasteiger partial charge in [-0.15, -0.1) is 0 Å². The first kappa shape index (κ1) is 21.5. The highest BCUT2D eigenvalue weighted by Gasteiger charge is 2.07. The molecule has 0 aliphatic carbocycles. The second-order valence-corrected chi connectivity index (χ2v) is 6.01. The van der Waals surface area contributed by atoms with Gasteiger partial charge in [0.05, 0.1) is 20.8 Å². The lowest BCUT2D eigenvalue weighted by atomic mass is 10.1. The number of ether oxygens (including phenoxy) is 2. The van der Waals surface area contributed by atoms with E-state index in [1.807, 2.05) is 6.07 Å². The van der Waals surface area contributed by atoms with Crippen molar-refractivity contribution in [1.29, 1.82) is 0 Å². The van der Waals surface area contributed by atoms with E-state index in [0.717, 1.165) is 11.1 Å². The average molecular weight is 397 g/mol. The van der Waals surface area contributed by atoms with Crippen LogP contribution in [0.25, 0.3) is 6.08 Å². The number of primary amides is 1. The number of carbonyl (C=O) groups is 3.